The Morgan fingerprint density at radius 2 is 1.81 bits per heavy atom. The smallest absolute Gasteiger partial charge is 0.416 e. The van der Waals surface area contributed by atoms with Crippen molar-refractivity contribution in [2.24, 2.45) is 5.10 Å². The molecule has 0 heterocycles. The fourth-order valence-corrected chi connectivity index (χ4v) is 2.75. The monoisotopic (exact) mass is 437 g/mol. The van der Waals surface area contributed by atoms with Crippen molar-refractivity contribution in [3.05, 3.63) is 53.6 Å². The van der Waals surface area contributed by atoms with Crippen LogP contribution in [0.5, 0.6) is 11.5 Å². The zero-order chi connectivity index (χ0) is 22.9. The summed E-state index contributed by atoms with van der Waals surface area (Å²) in [5, 5.41) is 3.99. The molecule has 1 amide bonds. The van der Waals surface area contributed by atoms with E-state index in [1.165, 1.54) is 18.3 Å². The van der Waals surface area contributed by atoms with Crippen LogP contribution in [-0.4, -0.2) is 43.3 Å². The highest BCUT2D eigenvalue weighted by molar-refractivity contribution is 5.82. The minimum atomic E-state index is -4.42. The number of ether oxygens (including phenoxy) is 2. The molecule has 0 saturated heterocycles. The Kier molecular flexibility index (Phi) is 8.72. The first-order valence-corrected chi connectivity index (χ1v) is 9.92. The molecular weight excluding hydrogens is 411 g/mol. The summed E-state index contributed by atoms with van der Waals surface area (Å²) in [7, 11) is 0. The van der Waals surface area contributed by atoms with Crippen LogP contribution in [0.2, 0.25) is 0 Å². The second kappa shape index (κ2) is 11.2. The van der Waals surface area contributed by atoms with Gasteiger partial charge in [-0.15, -0.1) is 0 Å². The zero-order valence-electron chi connectivity index (χ0n) is 17.7. The van der Waals surface area contributed by atoms with Crippen molar-refractivity contribution < 1.29 is 27.4 Å². The number of anilines is 1. The molecule has 1 N–H and O–H groups in total. The molecule has 168 valence electrons. The molecular formula is C22H26F3N3O3. The molecule has 31 heavy (non-hydrogen) atoms. The first-order chi connectivity index (χ1) is 14.8. The van der Waals surface area contributed by atoms with Gasteiger partial charge in [0, 0.05) is 13.1 Å². The van der Waals surface area contributed by atoms with E-state index in [1.54, 1.807) is 23.1 Å². The van der Waals surface area contributed by atoms with Gasteiger partial charge in [0.25, 0.3) is 5.91 Å². The van der Waals surface area contributed by atoms with Crippen molar-refractivity contribution in [1.29, 1.82) is 0 Å². The third kappa shape index (κ3) is 7.20. The molecule has 2 aromatic rings. The number of carbonyl (C=O) groups is 1. The molecule has 0 aliphatic heterocycles. The second-order valence-corrected chi connectivity index (χ2v) is 6.44. The predicted molar refractivity (Wildman–Crippen MR) is 114 cm³/mol. The minimum Gasteiger partial charge on any atom is -0.490 e. The normalized spacial score (nSPS) is 11.4. The molecule has 6 nitrogen and oxygen atoms in total. The number of nitrogens with zero attached hydrogens (tertiary/aromatic N) is 2. The average molecular weight is 437 g/mol. The number of nitrogens with one attached hydrogen (secondary N) is 1. The van der Waals surface area contributed by atoms with Crippen molar-refractivity contribution >= 4 is 17.8 Å². The quantitative estimate of drug-likeness (QED) is 0.429. The summed E-state index contributed by atoms with van der Waals surface area (Å²) < 4.78 is 49.6. The minimum absolute atomic E-state index is 0.105. The van der Waals surface area contributed by atoms with Gasteiger partial charge in [-0.2, -0.15) is 18.3 Å². The number of rotatable bonds is 10. The summed E-state index contributed by atoms with van der Waals surface area (Å²) in [6, 6.07) is 9.81. The maximum Gasteiger partial charge on any atom is 0.416 e. The highest BCUT2D eigenvalue weighted by Gasteiger charge is 2.30. The van der Waals surface area contributed by atoms with E-state index in [2.05, 4.69) is 10.5 Å². The molecule has 0 spiro atoms. The fraction of sp³-hybridized carbons (Fsp3) is 0.364. The number of amides is 1. The van der Waals surface area contributed by atoms with Crippen LogP contribution >= 0.6 is 0 Å². The van der Waals surface area contributed by atoms with Crippen LogP contribution in [0.4, 0.5) is 18.9 Å². The van der Waals surface area contributed by atoms with Crippen molar-refractivity contribution in [3.63, 3.8) is 0 Å². The molecule has 0 aliphatic carbocycles. The van der Waals surface area contributed by atoms with Gasteiger partial charge in [0.2, 0.25) is 0 Å². The van der Waals surface area contributed by atoms with Gasteiger partial charge < -0.3 is 14.4 Å². The van der Waals surface area contributed by atoms with Gasteiger partial charge >= 0.3 is 6.18 Å². The van der Waals surface area contributed by atoms with Gasteiger partial charge in [0.15, 0.2) is 18.1 Å². The molecule has 9 heteroatoms. The van der Waals surface area contributed by atoms with E-state index in [-0.39, 0.29) is 18.2 Å². The Hall–Kier alpha value is -3.23. The SMILES string of the molecule is CCOc1cc(C=NNc2cccc(C(F)(F)F)c2)ccc1OCC(=O)N(CC)CC. The van der Waals surface area contributed by atoms with Gasteiger partial charge in [-0.3, -0.25) is 10.2 Å². The van der Waals surface area contributed by atoms with Gasteiger partial charge in [0.1, 0.15) is 0 Å². The number of hydrogen-bond donors (Lipinski definition) is 1. The van der Waals surface area contributed by atoms with E-state index in [9.17, 15) is 18.0 Å². The Morgan fingerprint density at radius 1 is 1.06 bits per heavy atom. The van der Waals surface area contributed by atoms with Crippen LogP contribution in [-0.2, 0) is 11.0 Å². The third-order valence-corrected chi connectivity index (χ3v) is 4.33. The first kappa shape index (κ1) is 24.0. The zero-order valence-corrected chi connectivity index (χ0v) is 17.7. The molecule has 2 aromatic carbocycles. The lowest BCUT2D eigenvalue weighted by Gasteiger charge is -2.19. The number of halogens is 3. The Balaban J connectivity index is 2.07. The number of hydrogen-bond acceptors (Lipinski definition) is 5. The van der Waals surface area contributed by atoms with Crippen LogP contribution < -0.4 is 14.9 Å². The van der Waals surface area contributed by atoms with Crippen molar-refractivity contribution in [2.75, 3.05) is 31.7 Å². The summed E-state index contributed by atoms with van der Waals surface area (Å²) in [6.45, 7) is 7.11. The van der Waals surface area contributed by atoms with Gasteiger partial charge in [-0.1, -0.05) is 6.07 Å². The maximum atomic E-state index is 12.8. The van der Waals surface area contributed by atoms with E-state index in [4.69, 9.17) is 9.47 Å². The van der Waals surface area contributed by atoms with Gasteiger partial charge in [-0.25, -0.2) is 0 Å². The van der Waals surface area contributed by atoms with Gasteiger partial charge in [-0.05, 0) is 62.7 Å². The lowest BCUT2D eigenvalue weighted by molar-refractivity contribution is -0.137. The number of alkyl halides is 3. The predicted octanol–water partition coefficient (Wildman–Crippen LogP) is 4.80. The maximum absolute atomic E-state index is 12.8. The molecule has 0 atom stereocenters. The lowest BCUT2D eigenvalue weighted by atomic mass is 10.2. The van der Waals surface area contributed by atoms with Crippen molar-refractivity contribution in [2.45, 2.75) is 26.9 Å². The summed E-state index contributed by atoms with van der Waals surface area (Å²) >= 11 is 0. The molecule has 0 radical (unpaired) electrons. The molecule has 0 bridgehead atoms. The highest BCUT2D eigenvalue weighted by atomic mass is 19.4. The molecule has 0 aromatic heterocycles. The number of benzene rings is 2. The number of likely N-dealkylation sites (N-methyl/N-ethyl adjacent to an activating group) is 1. The van der Waals surface area contributed by atoms with E-state index >= 15 is 0 Å². The molecule has 2 rings (SSSR count). The lowest BCUT2D eigenvalue weighted by Crippen LogP contribution is -2.34. The summed E-state index contributed by atoms with van der Waals surface area (Å²) in [5.74, 6) is 0.742. The van der Waals surface area contributed by atoms with Crippen LogP contribution in [0.1, 0.15) is 31.9 Å². The third-order valence-electron chi connectivity index (χ3n) is 4.33. The van der Waals surface area contributed by atoms with Gasteiger partial charge in [0.05, 0.1) is 24.1 Å². The largest absolute Gasteiger partial charge is 0.490 e. The highest BCUT2D eigenvalue weighted by Crippen LogP contribution is 2.31. The standard InChI is InChI=1S/C22H26F3N3O3/c1-4-28(5-2)21(29)15-31-19-11-10-16(12-20(19)30-6-3)14-26-27-18-9-7-8-17(13-18)22(23,24)25/h7-14,27H,4-6,15H2,1-3H3. The summed E-state index contributed by atoms with van der Waals surface area (Å²) in [6.07, 6.45) is -2.97. The fourth-order valence-electron chi connectivity index (χ4n) is 2.75. The van der Waals surface area contributed by atoms with Crippen molar-refractivity contribution in [1.82, 2.24) is 4.90 Å². The average Bonchev–Trinajstić information content (AvgIpc) is 2.74. The molecule has 0 fully saturated rings. The topological polar surface area (TPSA) is 63.2 Å². The summed E-state index contributed by atoms with van der Waals surface area (Å²) in [4.78, 5) is 13.8. The van der Waals surface area contributed by atoms with Crippen LogP contribution in [0.25, 0.3) is 0 Å². The van der Waals surface area contributed by atoms with E-state index in [1.807, 2.05) is 20.8 Å². The van der Waals surface area contributed by atoms with E-state index in [0.717, 1.165) is 12.1 Å². The Labute approximate surface area is 179 Å². The van der Waals surface area contributed by atoms with Crippen LogP contribution in [0.15, 0.2) is 47.6 Å². The molecule has 0 aliphatic rings. The number of hydrazone groups is 1. The summed E-state index contributed by atoms with van der Waals surface area (Å²) in [5.41, 5.74) is 2.68. The van der Waals surface area contributed by atoms with Crippen molar-refractivity contribution in [3.8, 4) is 11.5 Å². The van der Waals surface area contributed by atoms with Crippen LogP contribution in [0.3, 0.4) is 0 Å². The Morgan fingerprint density at radius 3 is 2.45 bits per heavy atom. The van der Waals surface area contributed by atoms with E-state index in [0.29, 0.717) is 36.8 Å². The first-order valence-electron chi connectivity index (χ1n) is 9.92. The van der Waals surface area contributed by atoms with E-state index < -0.39 is 11.7 Å². The molecule has 0 saturated carbocycles. The Bertz CT molecular complexity index is 897. The number of carbonyl (C=O) groups excluding carboxylic acids is 1. The second-order valence-electron chi connectivity index (χ2n) is 6.44. The van der Waals surface area contributed by atoms with Crippen LogP contribution in [0, 0.1) is 0 Å². The molecule has 0 unspecified atom stereocenters.